The third-order valence-electron chi connectivity index (χ3n) is 7.55. The minimum atomic E-state index is -3.81. The van der Waals surface area contributed by atoms with Crippen molar-refractivity contribution in [1.29, 1.82) is 0 Å². The Labute approximate surface area is 224 Å². The molecule has 1 aromatic carbocycles. The summed E-state index contributed by atoms with van der Waals surface area (Å²) in [5.74, 6) is -1.28. The van der Waals surface area contributed by atoms with Gasteiger partial charge in [-0.1, -0.05) is 0 Å². The second-order valence-electron chi connectivity index (χ2n) is 10.1. The molecule has 0 amide bonds. The Morgan fingerprint density at radius 3 is 2.51 bits per heavy atom. The van der Waals surface area contributed by atoms with Crippen LogP contribution in [0.25, 0.3) is 33.2 Å². The fourth-order valence-electron chi connectivity index (χ4n) is 5.84. The number of benzene rings is 1. The molecule has 1 aliphatic rings. The van der Waals surface area contributed by atoms with Crippen molar-refractivity contribution in [3.05, 3.63) is 71.8 Å². The first-order valence-corrected chi connectivity index (χ1v) is 14.5. The van der Waals surface area contributed by atoms with Crippen LogP contribution in [0.4, 0.5) is 8.78 Å². The number of nitrogens with zero attached hydrogens (tertiary/aromatic N) is 5. The molecule has 4 aromatic heterocycles. The first-order chi connectivity index (χ1) is 18.7. The van der Waals surface area contributed by atoms with Gasteiger partial charge in [0.25, 0.3) is 0 Å². The van der Waals surface area contributed by atoms with E-state index in [0.29, 0.717) is 37.1 Å². The van der Waals surface area contributed by atoms with Crippen LogP contribution in [0.1, 0.15) is 30.1 Å². The fraction of sp³-hybridized carbons (Fsp3) is 0.321. The van der Waals surface area contributed by atoms with Crippen molar-refractivity contribution in [2.45, 2.75) is 30.7 Å². The lowest BCUT2D eigenvalue weighted by molar-refractivity contribution is 0.0542. The van der Waals surface area contributed by atoms with E-state index < -0.39 is 27.5 Å². The second-order valence-corrected chi connectivity index (χ2v) is 12.1. The highest BCUT2D eigenvalue weighted by molar-refractivity contribution is 7.91. The maximum atomic E-state index is 15.6. The van der Waals surface area contributed by atoms with Crippen LogP contribution in [0.5, 0.6) is 0 Å². The van der Waals surface area contributed by atoms with Gasteiger partial charge in [0, 0.05) is 44.5 Å². The molecule has 5 heterocycles. The van der Waals surface area contributed by atoms with Gasteiger partial charge in [-0.2, -0.15) is 5.10 Å². The van der Waals surface area contributed by atoms with Crippen LogP contribution < -0.4 is 0 Å². The van der Waals surface area contributed by atoms with Gasteiger partial charge in [0.15, 0.2) is 9.84 Å². The van der Waals surface area contributed by atoms with E-state index >= 15 is 8.78 Å². The van der Waals surface area contributed by atoms with Crippen LogP contribution in [-0.2, 0) is 21.6 Å². The normalized spacial score (nSPS) is 15.8. The minimum Gasteiger partial charge on any atom is -0.381 e. The van der Waals surface area contributed by atoms with Crippen LogP contribution in [0, 0.1) is 24.5 Å². The van der Waals surface area contributed by atoms with Crippen LogP contribution >= 0.6 is 0 Å². The monoisotopic (exact) mass is 551 g/mol. The molecule has 39 heavy (non-hydrogen) atoms. The lowest BCUT2D eigenvalue weighted by Gasteiger charge is -2.32. The molecule has 1 aliphatic heterocycles. The van der Waals surface area contributed by atoms with Gasteiger partial charge >= 0.3 is 0 Å². The highest BCUT2D eigenvalue weighted by Crippen LogP contribution is 2.43. The summed E-state index contributed by atoms with van der Waals surface area (Å²) < 4.78 is 66.3. The average molecular weight is 552 g/mol. The molecule has 0 aliphatic carbocycles. The number of hydrogen-bond acceptors (Lipinski definition) is 6. The molecule has 0 bridgehead atoms. The van der Waals surface area contributed by atoms with Gasteiger partial charge in [0.05, 0.1) is 50.5 Å². The third kappa shape index (κ3) is 4.20. The topological polar surface area (TPSA) is 91.9 Å². The highest BCUT2D eigenvalue weighted by Gasteiger charge is 2.35. The first kappa shape index (κ1) is 25.6. The summed E-state index contributed by atoms with van der Waals surface area (Å²) in [6, 6.07) is 6.38. The lowest BCUT2D eigenvalue weighted by Crippen LogP contribution is -2.28. The highest BCUT2D eigenvalue weighted by atomic mass is 32.2. The number of sulfone groups is 1. The summed E-state index contributed by atoms with van der Waals surface area (Å²) >= 11 is 0. The van der Waals surface area contributed by atoms with E-state index in [1.807, 2.05) is 20.0 Å². The lowest BCUT2D eigenvalue weighted by atomic mass is 9.88. The van der Waals surface area contributed by atoms with E-state index in [4.69, 9.17) is 4.74 Å². The predicted molar refractivity (Wildman–Crippen MR) is 143 cm³/mol. The Morgan fingerprint density at radius 1 is 1.08 bits per heavy atom. The van der Waals surface area contributed by atoms with E-state index in [1.165, 1.54) is 24.4 Å². The molecule has 202 valence electrons. The molecule has 0 radical (unpaired) electrons. The molecule has 8 nitrogen and oxygen atoms in total. The van der Waals surface area contributed by atoms with E-state index in [1.54, 1.807) is 21.6 Å². The van der Waals surface area contributed by atoms with Crippen molar-refractivity contribution in [3.63, 3.8) is 0 Å². The zero-order valence-electron chi connectivity index (χ0n) is 21.7. The zero-order valence-corrected chi connectivity index (χ0v) is 22.5. The molecule has 0 spiro atoms. The number of halogens is 2. The molecule has 11 heteroatoms. The van der Waals surface area contributed by atoms with Gasteiger partial charge in [0.1, 0.15) is 11.6 Å². The molecule has 5 aromatic rings. The molecule has 0 saturated carbocycles. The van der Waals surface area contributed by atoms with Crippen molar-refractivity contribution in [2.75, 3.05) is 19.5 Å². The molecular weight excluding hydrogens is 524 g/mol. The largest absolute Gasteiger partial charge is 0.381 e. The third-order valence-corrected chi connectivity index (χ3v) is 8.68. The molecule has 0 N–H and O–H groups in total. The zero-order chi connectivity index (χ0) is 27.5. The van der Waals surface area contributed by atoms with Crippen LogP contribution in [0.15, 0.2) is 53.8 Å². The van der Waals surface area contributed by atoms with Crippen LogP contribution in [-0.4, -0.2) is 52.2 Å². The number of ether oxygens (including phenoxy) is 1. The van der Waals surface area contributed by atoms with Gasteiger partial charge in [-0.3, -0.25) is 14.6 Å². The van der Waals surface area contributed by atoms with Crippen molar-refractivity contribution in [3.8, 4) is 11.3 Å². The number of aromatic nitrogens is 5. The van der Waals surface area contributed by atoms with Gasteiger partial charge < -0.3 is 9.30 Å². The molecule has 1 fully saturated rings. The maximum absolute atomic E-state index is 15.6. The minimum absolute atomic E-state index is 0.0523. The van der Waals surface area contributed by atoms with Crippen LogP contribution in [0.3, 0.4) is 0 Å². The Hall–Kier alpha value is -3.70. The average Bonchev–Trinajstić information content (AvgIpc) is 3.42. The smallest absolute Gasteiger partial charge is 0.177 e. The van der Waals surface area contributed by atoms with Crippen molar-refractivity contribution >= 4 is 31.8 Å². The predicted octanol–water partition coefficient (Wildman–Crippen LogP) is 4.99. The standard InChI is InChI=1S/C28H27F2N5O3S/c1-16-14-33-34(2)26(16)18-13-21-25(32-15-18)23-19(29)6-7-22(39(3,36)37)28(23)35(21)27(17-8-11-38-12-9-17)24-20(30)5-4-10-31-24/h4-7,10,13-15,17,27H,8-9,11-12H2,1-3H3. The molecule has 6 rings (SSSR count). The second kappa shape index (κ2) is 9.49. The Kier molecular flexibility index (Phi) is 6.22. The summed E-state index contributed by atoms with van der Waals surface area (Å²) in [6.45, 7) is 2.87. The molecule has 1 atom stereocenters. The number of fused-ring (bicyclic) bond motifs is 3. The number of rotatable bonds is 5. The van der Waals surface area contributed by atoms with Crippen LogP contribution in [0.2, 0.25) is 0 Å². The summed E-state index contributed by atoms with van der Waals surface area (Å²) in [4.78, 5) is 9.03. The van der Waals surface area contributed by atoms with Gasteiger partial charge in [-0.05, 0) is 61.6 Å². The van der Waals surface area contributed by atoms with Gasteiger partial charge in [0.2, 0.25) is 0 Å². The summed E-state index contributed by atoms with van der Waals surface area (Å²) in [5.41, 5.74) is 3.55. The molecule has 1 saturated heterocycles. The quantitative estimate of drug-likeness (QED) is 0.286. The maximum Gasteiger partial charge on any atom is 0.177 e. The van der Waals surface area contributed by atoms with Crippen molar-refractivity contribution < 1.29 is 21.9 Å². The van der Waals surface area contributed by atoms with E-state index in [0.717, 1.165) is 29.1 Å². The number of pyridine rings is 2. The number of hydrogen-bond donors (Lipinski definition) is 0. The van der Waals surface area contributed by atoms with E-state index in [2.05, 4.69) is 15.1 Å². The van der Waals surface area contributed by atoms with Crippen molar-refractivity contribution in [2.24, 2.45) is 13.0 Å². The van der Waals surface area contributed by atoms with Gasteiger partial charge in [-0.25, -0.2) is 17.2 Å². The Bertz CT molecular complexity index is 1820. The van der Waals surface area contributed by atoms with Crippen molar-refractivity contribution in [1.82, 2.24) is 24.3 Å². The molecular formula is C28H27F2N5O3S. The fourth-order valence-corrected chi connectivity index (χ4v) is 6.71. The first-order valence-electron chi connectivity index (χ1n) is 12.7. The van der Waals surface area contributed by atoms with Gasteiger partial charge in [-0.15, -0.1) is 0 Å². The number of aryl methyl sites for hydroxylation is 2. The Morgan fingerprint density at radius 2 is 1.85 bits per heavy atom. The molecule has 1 unspecified atom stereocenters. The summed E-state index contributed by atoms with van der Waals surface area (Å²) in [7, 11) is -1.99. The SMILES string of the molecule is Cc1cnn(C)c1-c1cnc2c3c(F)ccc(S(C)(=O)=O)c3n(C(c3ncccc3F)C3CCOCC3)c2c1. The van der Waals surface area contributed by atoms with E-state index in [-0.39, 0.29) is 27.4 Å². The summed E-state index contributed by atoms with van der Waals surface area (Å²) in [5, 5.41) is 4.41. The Balaban J connectivity index is 1.80. The van der Waals surface area contributed by atoms with E-state index in [9.17, 15) is 8.42 Å². The summed E-state index contributed by atoms with van der Waals surface area (Å²) in [6.07, 6.45) is 7.17.